The number of carbonyl (C=O) groups is 2. The zero-order chi connectivity index (χ0) is 19.1. The number of amides is 1. The Balaban J connectivity index is 1.80. The summed E-state index contributed by atoms with van der Waals surface area (Å²) in [6, 6.07) is 12.2. The summed E-state index contributed by atoms with van der Waals surface area (Å²) >= 11 is 3.39. The Bertz CT molecular complexity index is 776. The Kier molecular flexibility index (Phi) is 7.03. The highest BCUT2D eigenvalue weighted by Crippen LogP contribution is 2.20. The van der Waals surface area contributed by atoms with Crippen LogP contribution >= 0.6 is 15.9 Å². The molecule has 1 amide bonds. The number of nitrogens with one attached hydrogen (secondary N) is 1. The van der Waals surface area contributed by atoms with E-state index in [9.17, 15) is 9.59 Å². The molecule has 0 spiro atoms. The summed E-state index contributed by atoms with van der Waals surface area (Å²) in [6.45, 7) is 3.09. The lowest BCUT2D eigenvalue weighted by molar-refractivity contribution is -0.153. The second kappa shape index (κ2) is 9.24. The monoisotopic (exact) mass is 421 g/mol. The van der Waals surface area contributed by atoms with Crippen LogP contribution in [0.5, 0.6) is 11.5 Å². The average molecular weight is 422 g/mol. The second-order valence-electron chi connectivity index (χ2n) is 5.56. The highest BCUT2D eigenvalue weighted by molar-refractivity contribution is 9.10. The van der Waals surface area contributed by atoms with Gasteiger partial charge in [0.2, 0.25) is 0 Å². The number of esters is 1. The minimum absolute atomic E-state index is 0.385. The molecule has 2 aromatic carbocycles. The number of ether oxygens (including phenoxy) is 3. The summed E-state index contributed by atoms with van der Waals surface area (Å²) in [5.74, 6) is 0.150. The zero-order valence-corrected chi connectivity index (χ0v) is 16.3. The van der Waals surface area contributed by atoms with Gasteiger partial charge in [-0.25, -0.2) is 4.79 Å². The van der Waals surface area contributed by atoms with E-state index in [2.05, 4.69) is 21.2 Å². The number of hydrogen-bond donors (Lipinski definition) is 1. The average Bonchev–Trinajstić information content (AvgIpc) is 2.63. The number of rotatable bonds is 7. The Labute approximate surface area is 160 Å². The summed E-state index contributed by atoms with van der Waals surface area (Å²) in [4.78, 5) is 23.9. The van der Waals surface area contributed by atoms with Crippen molar-refractivity contribution in [3.63, 3.8) is 0 Å². The van der Waals surface area contributed by atoms with E-state index in [0.29, 0.717) is 17.2 Å². The molecular formula is C19H20BrNO5. The van der Waals surface area contributed by atoms with E-state index in [4.69, 9.17) is 14.2 Å². The number of anilines is 1. The molecular weight excluding hydrogens is 402 g/mol. The van der Waals surface area contributed by atoms with Crippen LogP contribution in [0.1, 0.15) is 12.5 Å². The van der Waals surface area contributed by atoms with Crippen LogP contribution in [0.2, 0.25) is 0 Å². The number of aryl methyl sites for hydroxylation is 1. The van der Waals surface area contributed by atoms with Crippen molar-refractivity contribution in [1.29, 1.82) is 0 Å². The fraction of sp³-hybridized carbons (Fsp3) is 0.263. The van der Waals surface area contributed by atoms with E-state index in [1.807, 2.05) is 19.1 Å². The van der Waals surface area contributed by atoms with Crippen molar-refractivity contribution in [2.45, 2.75) is 20.0 Å². The summed E-state index contributed by atoms with van der Waals surface area (Å²) in [5, 5.41) is 2.67. The molecule has 7 heteroatoms. The molecule has 0 saturated heterocycles. The van der Waals surface area contributed by atoms with Gasteiger partial charge < -0.3 is 19.5 Å². The maximum Gasteiger partial charge on any atom is 0.347 e. The van der Waals surface area contributed by atoms with E-state index < -0.39 is 18.0 Å². The second-order valence-corrected chi connectivity index (χ2v) is 6.41. The topological polar surface area (TPSA) is 73.9 Å². The minimum Gasteiger partial charge on any atom is -0.497 e. The first-order chi connectivity index (χ1) is 12.4. The van der Waals surface area contributed by atoms with E-state index >= 15 is 0 Å². The lowest BCUT2D eigenvalue weighted by Gasteiger charge is -2.14. The van der Waals surface area contributed by atoms with E-state index in [0.717, 1.165) is 10.0 Å². The fourth-order valence-electron chi connectivity index (χ4n) is 2.08. The molecule has 0 aliphatic heterocycles. The quantitative estimate of drug-likeness (QED) is 0.689. The maximum absolute atomic E-state index is 12.0. The number of halogens is 1. The molecule has 2 rings (SSSR count). The van der Waals surface area contributed by atoms with Crippen LogP contribution in [-0.2, 0) is 14.3 Å². The van der Waals surface area contributed by atoms with Gasteiger partial charge in [-0.3, -0.25) is 4.79 Å². The lowest BCUT2D eigenvalue weighted by atomic mass is 10.2. The fourth-order valence-corrected chi connectivity index (χ4v) is 2.33. The van der Waals surface area contributed by atoms with Crippen molar-refractivity contribution >= 4 is 33.5 Å². The van der Waals surface area contributed by atoms with E-state index in [1.54, 1.807) is 44.4 Å². The Morgan fingerprint density at radius 2 is 1.77 bits per heavy atom. The van der Waals surface area contributed by atoms with Gasteiger partial charge in [-0.05, 0) is 61.9 Å². The van der Waals surface area contributed by atoms with Crippen molar-refractivity contribution in [3.8, 4) is 11.5 Å². The third kappa shape index (κ3) is 5.77. The Morgan fingerprint density at radius 1 is 1.12 bits per heavy atom. The standard InChI is InChI=1S/C19H20BrNO5/c1-12-10-14(4-9-17(12)20)21-18(22)11-25-19(23)13(2)26-16-7-5-15(24-3)6-8-16/h4-10,13H,11H2,1-3H3,(H,21,22). The van der Waals surface area contributed by atoms with Crippen molar-refractivity contribution in [1.82, 2.24) is 0 Å². The van der Waals surface area contributed by atoms with Gasteiger partial charge in [-0.15, -0.1) is 0 Å². The predicted molar refractivity (Wildman–Crippen MR) is 102 cm³/mol. The largest absolute Gasteiger partial charge is 0.497 e. The third-order valence-electron chi connectivity index (χ3n) is 3.49. The first-order valence-corrected chi connectivity index (χ1v) is 8.71. The Morgan fingerprint density at radius 3 is 2.38 bits per heavy atom. The number of methoxy groups -OCH3 is 1. The molecule has 0 fully saturated rings. The molecule has 138 valence electrons. The van der Waals surface area contributed by atoms with Crippen molar-refractivity contribution in [2.24, 2.45) is 0 Å². The maximum atomic E-state index is 12.0. The molecule has 0 aliphatic carbocycles. The first-order valence-electron chi connectivity index (χ1n) is 7.92. The molecule has 0 heterocycles. The SMILES string of the molecule is COc1ccc(OC(C)C(=O)OCC(=O)Nc2ccc(Br)c(C)c2)cc1. The van der Waals surface area contributed by atoms with Crippen molar-refractivity contribution in [2.75, 3.05) is 19.0 Å². The molecule has 1 N–H and O–H groups in total. The van der Waals surface area contributed by atoms with Crippen LogP contribution in [0, 0.1) is 6.92 Å². The van der Waals surface area contributed by atoms with Crippen LogP contribution < -0.4 is 14.8 Å². The molecule has 0 aromatic heterocycles. The molecule has 0 saturated carbocycles. The van der Waals surface area contributed by atoms with Gasteiger partial charge in [0.05, 0.1) is 7.11 Å². The molecule has 0 aliphatic rings. The number of carbonyl (C=O) groups excluding carboxylic acids is 2. The van der Waals surface area contributed by atoms with Gasteiger partial charge in [0, 0.05) is 10.2 Å². The summed E-state index contributed by atoms with van der Waals surface area (Å²) in [7, 11) is 1.57. The highest BCUT2D eigenvalue weighted by atomic mass is 79.9. The molecule has 0 radical (unpaired) electrons. The number of hydrogen-bond acceptors (Lipinski definition) is 5. The predicted octanol–water partition coefficient (Wildman–Crippen LogP) is 3.72. The Hall–Kier alpha value is -2.54. The first kappa shape index (κ1) is 19.8. The highest BCUT2D eigenvalue weighted by Gasteiger charge is 2.18. The van der Waals surface area contributed by atoms with Crippen LogP contribution in [0.4, 0.5) is 5.69 Å². The minimum atomic E-state index is -0.842. The van der Waals surface area contributed by atoms with Gasteiger partial charge in [0.25, 0.3) is 5.91 Å². The number of benzene rings is 2. The molecule has 2 aromatic rings. The van der Waals surface area contributed by atoms with Crippen LogP contribution in [0.25, 0.3) is 0 Å². The van der Waals surface area contributed by atoms with Crippen LogP contribution in [-0.4, -0.2) is 31.7 Å². The normalized spacial score (nSPS) is 11.4. The van der Waals surface area contributed by atoms with Crippen LogP contribution in [0.15, 0.2) is 46.9 Å². The van der Waals surface area contributed by atoms with Gasteiger partial charge in [0.15, 0.2) is 12.7 Å². The van der Waals surface area contributed by atoms with Gasteiger partial charge >= 0.3 is 5.97 Å². The van der Waals surface area contributed by atoms with Gasteiger partial charge in [-0.1, -0.05) is 15.9 Å². The summed E-state index contributed by atoms with van der Waals surface area (Å²) < 4.78 is 16.5. The van der Waals surface area contributed by atoms with Crippen molar-refractivity contribution < 1.29 is 23.8 Å². The van der Waals surface area contributed by atoms with E-state index in [1.165, 1.54) is 0 Å². The smallest absolute Gasteiger partial charge is 0.347 e. The third-order valence-corrected chi connectivity index (χ3v) is 4.38. The van der Waals surface area contributed by atoms with Gasteiger partial charge in [0.1, 0.15) is 11.5 Å². The molecule has 1 atom stereocenters. The summed E-state index contributed by atoms with van der Waals surface area (Å²) in [6.07, 6.45) is -0.842. The van der Waals surface area contributed by atoms with E-state index in [-0.39, 0.29) is 6.61 Å². The molecule has 26 heavy (non-hydrogen) atoms. The van der Waals surface area contributed by atoms with Crippen LogP contribution in [0.3, 0.4) is 0 Å². The zero-order valence-electron chi connectivity index (χ0n) is 14.7. The molecule has 1 unspecified atom stereocenters. The molecule has 0 bridgehead atoms. The molecule has 6 nitrogen and oxygen atoms in total. The van der Waals surface area contributed by atoms with Crippen molar-refractivity contribution in [3.05, 3.63) is 52.5 Å². The summed E-state index contributed by atoms with van der Waals surface area (Å²) in [5.41, 5.74) is 1.62. The lowest BCUT2D eigenvalue weighted by Crippen LogP contribution is -2.29. The van der Waals surface area contributed by atoms with Gasteiger partial charge in [-0.2, -0.15) is 0 Å².